The summed E-state index contributed by atoms with van der Waals surface area (Å²) in [5, 5.41) is 8.49. The van der Waals surface area contributed by atoms with Crippen LogP contribution < -0.4 is 0 Å². The molecule has 0 unspecified atom stereocenters. The topological polar surface area (TPSA) is 37.3 Å². The molecule has 0 amide bonds. The van der Waals surface area contributed by atoms with Crippen molar-refractivity contribution in [2.75, 3.05) is 6.61 Å². The fourth-order valence-electron chi connectivity index (χ4n) is 1.06. The Hall–Kier alpha value is -0.630. The van der Waals surface area contributed by atoms with Crippen molar-refractivity contribution in [3.63, 3.8) is 0 Å². The molecule has 1 N–H and O–H groups in total. The van der Waals surface area contributed by atoms with Gasteiger partial charge in [-0.2, -0.15) is 0 Å². The Morgan fingerprint density at radius 1 is 1.31 bits per heavy atom. The summed E-state index contributed by atoms with van der Waals surface area (Å²) >= 11 is 0. The van der Waals surface area contributed by atoms with Crippen molar-refractivity contribution < 1.29 is 9.90 Å². The number of hydrogen-bond donors (Lipinski definition) is 1. The van der Waals surface area contributed by atoms with Gasteiger partial charge < -0.3 is 5.11 Å². The monoisotopic (exact) mass is 184 g/mol. The number of ketones is 1. The molecule has 13 heavy (non-hydrogen) atoms. The molecule has 2 heteroatoms. The summed E-state index contributed by atoms with van der Waals surface area (Å²) in [5.74, 6) is 0.214. The van der Waals surface area contributed by atoms with Gasteiger partial charge in [0.1, 0.15) is 0 Å². The number of carbonyl (C=O) groups is 1. The van der Waals surface area contributed by atoms with Gasteiger partial charge in [-0.05, 0) is 25.3 Å². The SMILES string of the molecule is CCCCCC(=O)C=CCCCO. The van der Waals surface area contributed by atoms with Crippen LogP contribution in [0.1, 0.15) is 45.4 Å². The van der Waals surface area contributed by atoms with E-state index >= 15 is 0 Å². The van der Waals surface area contributed by atoms with Crippen molar-refractivity contribution in [3.05, 3.63) is 12.2 Å². The van der Waals surface area contributed by atoms with E-state index < -0.39 is 0 Å². The molecule has 0 aliphatic heterocycles. The second-order valence-electron chi connectivity index (χ2n) is 3.19. The molecule has 0 atom stereocenters. The number of rotatable bonds is 8. The molecule has 0 spiro atoms. The van der Waals surface area contributed by atoms with Crippen molar-refractivity contribution in [1.29, 1.82) is 0 Å². The lowest BCUT2D eigenvalue weighted by Crippen LogP contribution is -1.92. The van der Waals surface area contributed by atoms with Crippen LogP contribution >= 0.6 is 0 Å². The van der Waals surface area contributed by atoms with Gasteiger partial charge in [-0.25, -0.2) is 0 Å². The van der Waals surface area contributed by atoms with Gasteiger partial charge in [0.15, 0.2) is 5.78 Å². The highest BCUT2D eigenvalue weighted by atomic mass is 16.2. The van der Waals surface area contributed by atoms with Gasteiger partial charge in [0.2, 0.25) is 0 Å². The van der Waals surface area contributed by atoms with Crippen LogP contribution in [0.15, 0.2) is 12.2 Å². The summed E-state index contributed by atoms with van der Waals surface area (Å²) in [4.78, 5) is 11.1. The average molecular weight is 184 g/mol. The summed E-state index contributed by atoms with van der Waals surface area (Å²) in [6.07, 6.45) is 9.01. The number of hydrogen-bond acceptors (Lipinski definition) is 2. The van der Waals surface area contributed by atoms with Crippen LogP contribution in [0.2, 0.25) is 0 Å². The molecule has 2 nitrogen and oxygen atoms in total. The molecule has 0 aliphatic rings. The van der Waals surface area contributed by atoms with Gasteiger partial charge in [0.05, 0.1) is 0 Å². The smallest absolute Gasteiger partial charge is 0.155 e. The first-order valence-electron chi connectivity index (χ1n) is 5.11. The predicted molar refractivity (Wildman–Crippen MR) is 54.6 cm³/mol. The predicted octanol–water partition coefficient (Wildman–Crippen LogP) is 2.46. The second kappa shape index (κ2) is 9.46. The summed E-state index contributed by atoms with van der Waals surface area (Å²) in [6.45, 7) is 2.33. The third-order valence-corrected chi connectivity index (χ3v) is 1.86. The lowest BCUT2D eigenvalue weighted by atomic mass is 10.1. The minimum Gasteiger partial charge on any atom is -0.396 e. The van der Waals surface area contributed by atoms with Crippen LogP contribution in [0.5, 0.6) is 0 Å². The fourth-order valence-corrected chi connectivity index (χ4v) is 1.06. The van der Waals surface area contributed by atoms with Crippen molar-refractivity contribution >= 4 is 5.78 Å². The zero-order chi connectivity index (χ0) is 9.94. The van der Waals surface area contributed by atoms with Crippen LogP contribution in [-0.2, 0) is 4.79 Å². The van der Waals surface area contributed by atoms with E-state index in [1.54, 1.807) is 6.08 Å². The first-order chi connectivity index (χ1) is 6.31. The highest BCUT2D eigenvalue weighted by molar-refractivity contribution is 5.89. The third-order valence-electron chi connectivity index (χ3n) is 1.86. The Bertz CT molecular complexity index is 150. The van der Waals surface area contributed by atoms with E-state index in [1.165, 1.54) is 0 Å². The average Bonchev–Trinajstić information content (AvgIpc) is 2.13. The molecule has 0 aromatic carbocycles. The minimum absolute atomic E-state index is 0.203. The van der Waals surface area contributed by atoms with Crippen LogP contribution in [0.4, 0.5) is 0 Å². The molecule has 0 fully saturated rings. The molecule has 0 aromatic rings. The van der Waals surface area contributed by atoms with Gasteiger partial charge >= 0.3 is 0 Å². The van der Waals surface area contributed by atoms with E-state index in [0.29, 0.717) is 6.42 Å². The third kappa shape index (κ3) is 9.28. The Labute approximate surface area is 80.7 Å². The minimum atomic E-state index is 0.203. The van der Waals surface area contributed by atoms with Crippen LogP contribution in [0, 0.1) is 0 Å². The van der Waals surface area contributed by atoms with Gasteiger partial charge in [0, 0.05) is 13.0 Å². The normalized spacial score (nSPS) is 10.9. The van der Waals surface area contributed by atoms with E-state index in [0.717, 1.165) is 32.1 Å². The molecule has 76 valence electrons. The van der Waals surface area contributed by atoms with Crippen LogP contribution in [-0.4, -0.2) is 17.5 Å². The van der Waals surface area contributed by atoms with Gasteiger partial charge in [-0.15, -0.1) is 0 Å². The Morgan fingerprint density at radius 3 is 2.69 bits per heavy atom. The Morgan fingerprint density at radius 2 is 2.08 bits per heavy atom. The van der Waals surface area contributed by atoms with E-state index in [9.17, 15) is 4.79 Å². The quantitative estimate of drug-likeness (QED) is 0.465. The molecule has 0 heterocycles. The highest BCUT2D eigenvalue weighted by Gasteiger charge is 1.94. The van der Waals surface area contributed by atoms with Gasteiger partial charge in [-0.3, -0.25) is 4.79 Å². The molecule has 0 radical (unpaired) electrons. The molecule has 0 aromatic heterocycles. The van der Waals surface area contributed by atoms with E-state index in [1.807, 2.05) is 6.08 Å². The first-order valence-corrected chi connectivity index (χ1v) is 5.11. The van der Waals surface area contributed by atoms with Gasteiger partial charge in [-0.1, -0.05) is 25.8 Å². The number of aliphatic hydroxyl groups excluding tert-OH is 1. The molecular formula is C11H20O2. The van der Waals surface area contributed by atoms with E-state index in [2.05, 4.69) is 6.92 Å². The first kappa shape index (κ1) is 12.4. The largest absolute Gasteiger partial charge is 0.396 e. The zero-order valence-electron chi connectivity index (χ0n) is 8.46. The standard InChI is InChI=1S/C11H20O2/c1-2-3-5-8-11(13)9-6-4-7-10-12/h6,9,12H,2-5,7-8,10H2,1H3. The van der Waals surface area contributed by atoms with Gasteiger partial charge in [0.25, 0.3) is 0 Å². The van der Waals surface area contributed by atoms with E-state index in [4.69, 9.17) is 5.11 Å². The lowest BCUT2D eigenvalue weighted by molar-refractivity contribution is -0.114. The molecule has 0 rings (SSSR count). The zero-order valence-corrected chi connectivity index (χ0v) is 8.46. The summed E-state index contributed by atoms with van der Waals surface area (Å²) in [7, 11) is 0. The molecule has 0 bridgehead atoms. The molecule has 0 aliphatic carbocycles. The summed E-state index contributed by atoms with van der Waals surface area (Å²) in [5.41, 5.74) is 0. The molecule has 0 saturated carbocycles. The molecule has 0 saturated heterocycles. The fraction of sp³-hybridized carbons (Fsp3) is 0.727. The summed E-state index contributed by atoms with van der Waals surface area (Å²) < 4.78 is 0. The number of carbonyl (C=O) groups excluding carboxylic acids is 1. The number of aliphatic hydroxyl groups is 1. The Kier molecular flexibility index (Phi) is 9.00. The number of unbranched alkanes of at least 4 members (excludes halogenated alkanes) is 3. The van der Waals surface area contributed by atoms with Crippen molar-refractivity contribution in [2.24, 2.45) is 0 Å². The van der Waals surface area contributed by atoms with Crippen molar-refractivity contribution in [1.82, 2.24) is 0 Å². The maximum Gasteiger partial charge on any atom is 0.155 e. The molecular weight excluding hydrogens is 164 g/mol. The summed E-state index contributed by atoms with van der Waals surface area (Å²) in [6, 6.07) is 0. The Balaban J connectivity index is 3.33. The maximum absolute atomic E-state index is 11.1. The lowest BCUT2D eigenvalue weighted by Gasteiger charge is -1.93. The van der Waals surface area contributed by atoms with Crippen LogP contribution in [0.3, 0.4) is 0 Å². The number of allylic oxidation sites excluding steroid dienone is 2. The van der Waals surface area contributed by atoms with E-state index in [-0.39, 0.29) is 12.4 Å². The second-order valence-corrected chi connectivity index (χ2v) is 3.19. The van der Waals surface area contributed by atoms with Crippen molar-refractivity contribution in [2.45, 2.75) is 45.4 Å². The van der Waals surface area contributed by atoms with Crippen LogP contribution in [0.25, 0.3) is 0 Å². The van der Waals surface area contributed by atoms with Crippen molar-refractivity contribution in [3.8, 4) is 0 Å². The maximum atomic E-state index is 11.1. The highest BCUT2D eigenvalue weighted by Crippen LogP contribution is 2.00.